The number of rotatable bonds is 5. The van der Waals surface area contributed by atoms with Crippen molar-refractivity contribution < 1.29 is 0 Å². The Kier molecular flexibility index (Phi) is 4.57. The molecular weight excluding hydrogens is 208 g/mol. The van der Waals surface area contributed by atoms with E-state index >= 15 is 0 Å². The van der Waals surface area contributed by atoms with Gasteiger partial charge in [0.15, 0.2) is 0 Å². The van der Waals surface area contributed by atoms with Crippen molar-refractivity contribution in [2.75, 3.05) is 13.6 Å². The van der Waals surface area contributed by atoms with Crippen molar-refractivity contribution in [3.63, 3.8) is 0 Å². The Balaban J connectivity index is 1.89. The molecule has 0 spiro atoms. The summed E-state index contributed by atoms with van der Waals surface area (Å²) in [5.41, 5.74) is 8.32. The minimum Gasteiger partial charge on any atom is -0.330 e. The van der Waals surface area contributed by atoms with Gasteiger partial charge < -0.3 is 5.73 Å². The highest BCUT2D eigenvalue weighted by Crippen LogP contribution is 2.23. The van der Waals surface area contributed by atoms with Crippen LogP contribution in [-0.4, -0.2) is 24.5 Å². The van der Waals surface area contributed by atoms with Gasteiger partial charge in [0.1, 0.15) is 0 Å². The Bertz CT molecular complexity index is 325. The van der Waals surface area contributed by atoms with E-state index in [0.29, 0.717) is 0 Å². The fourth-order valence-electron chi connectivity index (χ4n) is 2.74. The Morgan fingerprint density at radius 2 is 1.71 bits per heavy atom. The second-order valence-corrected chi connectivity index (χ2v) is 5.21. The number of nitrogens with zero attached hydrogens (tertiary/aromatic N) is 1. The molecule has 2 heteroatoms. The van der Waals surface area contributed by atoms with Crippen LogP contribution in [0.15, 0.2) is 24.3 Å². The molecule has 2 nitrogen and oxygen atoms in total. The van der Waals surface area contributed by atoms with Gasteiger partial charge in [-0.3, -0.25) is 4.90 Å². The van der Waals surface area contributed by atoms with Gasteiger partial charge in [0.2, 0.25) is 0 Å². The molecular formula is C15H24N2. The maximum absolute atomic E-state index is 5.55. The largest absolute Gasteiger partial charge is 0.330 e. The summed E-state index contributed by atoms with van der Waals surface area (Å²) in [5.74, 6) is 0. The second kappa shape index (κ2) is 6.18. The van der Waals surface area contributed by atoms with Crippen molar-refractivity contribution in [3.8, 4) is 0 Å². The lowest BCUT2D eigenvalue weighted by atomic mass is 10.1. The number of nitrogens with two attached hydrogens (primary N) is 1. The van der Waals surface area contributed by atoms with Crippen LogP contribution in [0.5, 0.6) is 0 Å². The number of benzene rings is 1. The standard InChI is InChI=1S/C15H24N2/c1-17(15-4-2-3-5-15)12-14-8-6-13(7-9-14)10-11-16/h6-9,15H,2-5,10-12,16H2,1H3. The molecule has 0 heterocycles. The Labute approximate surface area is 105 Å². The van der Waals surface area contributed by atoms with E-state index in [0.717, 1.165) is 25.6 Å². The van der Waals surface area contributed by atoms with E-state index in [-0.39, 0.29) is 0 Å². The van der Waals surface area contributed by atoms with Crippen molar-refractivity contribution in [1.82, 2.24) is 4.90 Å². The molecule has 0 bridgehead atoms. The van der Waals surface area contributed by atoms with Gasteiger partial charge in [-0.1, -0.05) is 37.1 Å². The van der Waals surface area contributed by atoms with Crippen molar-refractivity contribution in [3.05, 3.63) is 35.4 Å². The highest BCUT2D eigenvalue weighted by Gasteiger charge is 2.19. The van der Waals surface area contributed by atoms with Gasteiger partial charge in [-0.15, -0.1) is 0 Å². The third-order valence-corrected chi connectivity index (χ3v) is 3.84. The summed E-state index contributed by atoms with van der Waals surface area (Å²) >= 11 is 0. The third kappa shape index (κ3) is 3.55. The first-order valence-corrected chi connectivity index (χ1v) is 6.77. The van der Waals surface area contributed by atoms with Gasteiger partial charge >= 0.3 is 0 Å². The smallest absolute Gasteiger partial charge is 0.0233 e. The zero-order valence-electron chi connectivity index (χ0n) is 10.9. The molecule has 17 heavy (non-hydrogen) atoms. The van der Waals surface area contributed by atoms with E-state index in [1.807, 2.05) is 0 Å². The van der Waals surface area contributed by atoms with Crippen LogP contribution >= 0.6 is 0 Å². The molecule has 1 aliphatic carbocycles. The predicted molar refractivity (Wildman–Crippen MR) is 72.9 cm³/mol. The fraction of sp³-hybridized carbons (Fsp3) is 0.600. The average molecular weight is 232 g/mol. The van der Waals surface area contributed by atoms with Gasteiger partial charge in [0, 0.05) is 12.6 Å². The zero-order valence-corrected chi connectivity index (χ0v) is 10.9. The quantitative estimate of drug-likeness (QED) is 0.845. The van der Waals surface area contributed by atoms with E-state index < -0.39 is 0 Å². The summed E-state index contributed by atoms with van der Waals surface area (Å²) in [6.45, 7) is 1.81. The van der Waals surface area contributed by atoms with E-state index in [9.17, 15) is 0 Å². The molecule has 1 saturated carbocycles. The molecule has 2 rings (SSSR count). The molecule has 0 amide bonds. The van der Waals surface area contributed by atoms with Crippen LogP contribution in [0.3, 0.4) is 0 Å². The van der Waals surface area contributed by atoms with Crippen LogP contribution in [-0.2, 0) is 13.0 Å². The van der Waals surface area contributed by atoms with Gasteiger partial charge in [0.25, 0.3) is 0 Å². The minimum absolute atomic E-state index is 0.737. The van der Waals surface area contributed by atoms with Gasteiger partial charge in [0.05, 0.1) is 0 Å². The third-order valence-electron chi connectivity index (χ3n) is 3.84. The Morgan fingerprint density at radius 3 is 2.29 bits per heavy atom. The summed E-state index contributed by atoms with van der Waals surface area (Å²) in [5, 5.41) is 0. The molecule has 0 saturated heterocycles. The molecule has 0 aliphatic heterocycles. The van der Waals surface area contributed by atoms with E-state index in [1.54, 1.807) is 0 Å². The maximum Gasteiger partial charge on any atom is 0.0233 e. The molecule has 0 atom stereocenters. The number of hydrogen-bond donors (Lipinski definition) is 1. The minimum atomic E-state index is 0.737. The Morgan fingerprint density at radius 1 is 1.12 bits per heavy atom. The fourth-order valence-corrected chi connectivity index (χ4v) is 2.74. The van der Waals surface area contributed by atoms with Crippen LogP contribution in [0.4, 0.5) is 0 Å². The molecule has 1 aromatic carbocycles. The zero-order chi connectivity index (χ0) is 12.1. The van der Waals surface area contributed by atoms with E-state index in [1.165, 1.54) is 36.8 Å². The SMILES string of the molecule is CN(Cc1ccc(CCN)cc1)C1CCCC1. The normalized spacial score (nSPS) is 16.9. The second-order valence-electron chi connectivity index (χ2n) is 5.21. The molecule has 1 fully saturated rings. The molecule has 2 N–H and O–H groups in total. The molecule has 1 aliphatic rings. The van der Waals surface area contributed by atoms with Crippen LogP contribution in [0.25, 0.3) is 0 Å². The van der Waals surface area contributed by atoms with Gasteiger partial charge in [-0.25, -0.2) is 0 Å². The maximum atomic E-state index is 5.55. The lowest BCUT2D eigenvalue weighted by Crippen LogP contribution is -2.28. The lowest BCUT2D eigenvalue weighted by Gasteiger charge is -2.24. The van der Waals surface area contributed by atoms with E-state index in [2.05, 4.69) is 36.2 Å². The first-order chi connectivity index (χ1) is 8.29. The Hall–Kier alpha value is -0.860. The summed E-state index contributed by atoms with van der Waals surface area (Å²) < 4.78 is 0. The molecule has 0 radical (unpaired) electrons. The summed E-state index contributed by atoms with van der Waals surface area (Å²) in [6.07, 6.45) is 6.55. The highest BCUT2D eigenvalue weighted by atomic mass is 15.1. The van der Waals surface area contributed by atoms with Gasteiger partial charge in [-0.2, -0.15) is 0 Å². The van der Waals surface area contributed by atoms with Crippen LogP contribution < -0.4 is 5.73 Å². The first-order valence-electron chi connectivity index (χ1n) is 6.77. The molecule has 0 aromatic heterocycles. The van der Waals surface area contributed by atoms with Crippen molar-refractivity contribution in [2.45, 2.75) is 44.7 Å². The predicted octanol–water partition coefficient (Wildman–Crippen LogP) is 2.56. The number of hydrogen-bond acceptors (Lipinski definition) is 2. The first kappa shape index (κ1) is 12.6. The van der Waals surface area contributed by atoms with Crippen LogP contribution in [0.1, 0.15) is 36.8 Å². The molecule has 94 valence electrons. The summed E-state index contributed by atoms with van der Waals surface area (Å²) in [4.78, 5) is 2.50. The van der Waals surface area contributed by atoms with E-state index in [4.69, 9.17) is 5.73 Å². The molecule has 1 aromatic rings. The van der Waals surface area contributed by atoms with Crippen LogP contribution in [0.2, 0.25) is 0 Å². The van der Waals surface area contributed by atoms with Crippen molar-refractivity contribution >= 4 is 0 Å². The topological polar surface area (TPSA) is 29.3 Å². The summed E-state index contributed by atoms with van der Waals surface area (Å²) in [6, 6.07) is 9.72. The highest BCUT2D eigenvalue weighted by molar-refractivity contribution is 5.22. The lowest BCUT2D eigenvalue weighted by molar-refractivity contribution is 0.237. The van der Waals surface area contributed by atoms with Crippen LogP contribution in [0, 0.1) is 0 Å². The van der Waals surface area contributed by atoms with Crippen molar-refractivity contribution in [2.24, 2.45) is 5.73 Å². The summed E-state index contributed by atoms with van der Waals surface area (Å²) in [7, 11) is 2.25. The molecule has 0 unspecified atom stereocenters. The van der Waals surface area contributed by atoms with Crippen molar-refractivity contribution in [1.29, 1.82) is 0 Å². The monoisotopic (exact) mass is 232 g/mol. The van der Waals surface area contributed by atoms with Gasteiger partial charge in [-0.05, 0) is 44.0 Å². The average Bonchev–Trinajstić information content (AvgIpc) is 2.86.